The first-order valence-corrected chi connectivity index (χ1v) is 18.5. The Balaban J connectivity index is 1.50. The van der Waals surface area contributed by atoms with Crippen LogP contribution >= 0.6 is 23.5 Å². The zero-order chi connectivity index (χ0) is 38.5. The molecule has 276 valence electrons. The van der Waals surface area contributed by atoms with Crippen molar-refractivity contribution in [1.82, 2.24) is 15.5 Å². The molecule has 0 atom stereocenters. The summed E-state index contributed by atoms with van der Waals surface area (Å²) in [5.74, 6) is -0.385. The van der Waals surface area contributed by atoms with Crippen molar-refractivity contribution in [2.24, 2.45) is 9.98 Å². The summed E-state index contributed by atoms with van der Waals surface area (Å²) in [6.45, 7) is 13.3. The Labute approximate surface area is 317 Å². The Kier molecular flexibility index (Phi) is 11.7. The number of carbonyl (C=O) groups excluding carboxylic acids is 3. The summed E-state index contributed by atoms with van der Waals surface area (Å²) in [5, 5.41) is 19.1. The molecule has 3 aromatic rings. The summed E-state index contributed by atoms with van der Waals surface area (Å²) in [6, 6.07) is 22.5. The fourth-order valence-electron chi connectivity index (χ4n) is 5.09. The van der Waals surface area contributed by atoms with E-state index >= 15 is 0 Å². The molecule has 0 bridgehead atoms. The van der Waals surface area contributed by atoms with Crippen LogP contribution in [0.5, 0.6) is 0 Å². The van der Waals surface area contributed by atoms with Crippen molar-refractivity contribution in [3.63, 3.8) is 0 Å². The number of hydrogen-bond donors (Lipinski definition) is 3. The second-order valence-electron chi connectivity index (χ2n) is 13.9. The second kappa shape index (κ2) is 16.1. The van der Waals surface area contributed by atoms with Gasteiger partial charge < -0.3 is 19.7 Å². The summed E-state index contributed by atoms with van der Waals surface area (Å²) in [7, 11) is 1.88. The highest BCUT2D eigenvalue weighted by molar-refractivity contribution is 8.19. The van der Waals surface area contributed by atoms with Gasteiger partial charge in [-0.3, -0.25) is 20.3 Å². The highest BCUT2D eigenvalue weighted by atomic mass is 32.2. The van der Waals surface area contributed by atoms with Gasteiger partial charge >= 0.3 is 12.2 Å². The number of nitrogens with one attached hydrogen (secondary N) is 3. The van der Waals surface area contributed by atoms with Crippen molar-refractivity contribution >= 4 is 75.5 Å². The number of nitriles is 1. The van der Waals surface area contributed by atoms with Crippen LogP contribution in [0.1, 0.15) is 59.6 Å². The normalized spacial score (nSPS) is 16.2. The van der Waals surface area contributed by atoms with E-state index in [1.807, 2.05) is 61.3 Å². The molecule has 2 heterocycles. The molecule has 0 aromatic heterocycles. The molecule has 0 aliphatic carbocycles. The molecular formula is C38H42N8O5S2. The Bertz CT molecular complexity index is 2010. The van der Waals surface area contributed by atoms with Gasteiger partial charge in [0.05, 0.1) is 46.0 Å². The third kappa shape index (κ3) is 10.1. The lowest BCUT2D eigenvalue weighted by Crippen LogP contribution is -2.47. The van der Waals surface area contributed by atoms with Crippen LogP contribution in [0, 0.1) is 11.3 Å². The molecule has 3 aromatic carbocycles. The van der Waals surface area contributed by atoms with Crippen molar-refractivity contribution in [2.45, 2.75) is 71.1 Å². The van der Waals surface area contributed by atoms with Crippen LogP contribution in [0.15, 0.2) is 91.5 Å². The van der Waals surface area contributed by atoms with Gasteiger partial charge in [-0.1, -0.05) is 42.1 Å². The molecule has 3 N–H and O–H groups in total. The maximum absolute atomic E-state index is 14.3. The lowest BCUT2D eigenvalue weighted by Gasteiger charge is -2.22. The van der Waals surface area contributed by atoms with E-state index < -0.39 is 23.4 Å². The molecule has 2 aliphatic rings. The topological polar surface area (TPSA) is 161 Å². The lowest BCUT2D eigenvalue weighted by atomic mass is 10.2. The van der Waals surface area contributed by atoms with Gasteiger partial charge in [-0.05, 0) is 102 Å². The standard InChI is InChI=1S/C38H42N8O5S2/c1-9-40-26-17-15-24(21-39)19-27(26)42-34-46(22-23-13-11-10-12-14-23)31(47)30(53-34)32-45(8)28-18-16-25(20-29(28)52-32)41-33(43-35(48)50-37(2,3)4)44-36(49)51-38(5,6)7/h10-20,40H,9,22H2,1-8H3,(H2,41,43,44,48,49)/b32-30+,42-34?. The van der Waals surface area contributed by atoms with E-state index in [0.717, 1.165) is 21.8 Å². The van der Waals surface area contributed by atoms with E-state index in [1.54, 1.807) is 70.7 Å². The zero-order valence-electron chi connectivity index (χ0n) is 30.9. The summed E-state index contributed by atoms with van der Waals surface area (Å²) >= 11 is 2.67. The van der Waals surface area contributed by atoms with Gasteiger partial charge in [0.15, 0.2) is 5.17 Å². The molecule has 2 aliphatic heterocycles. The SMILES string of the molecule is CCNc1ccc(C#N)cc1N=C1S/C(=C2/Sc3cc(N=C(NC(=O)OC(C)(C)C)NC(=O)OC(C)(C)C)ccc3N2C)C(=O)N1Cc1ccccc1. The molecule has 0 radical (unpaired) electrons. The van der Waals surface area contributed by atoms with Crippen molar-refractivity contribution in [1.29, 1.82) is 5.26 Å². The number of fused-ring (bicyclic) bond motifs is 1. The summed E-state index contributed by atoms with van der Waals surface area (Å²) in [5.41, 5.74) is 2.39. The maximum Gasteiger partial charge on any atom is 0.414 e. The van der Waals surface area contributed by atoms with E-state index in [1.165, 1.54) is 23.5 Å². The third-order valence-electron chi connectivity index (χ3n) is 7.25. The van der Waals surface area contributed by atoms with Crippen molar-refractivity contribution in [3.8, 4) is 6.07 Å². The van der Waals surface area contributed by atoms with Crippen LogP contribution in [0.4, 0.5) is 32.3 Å². The molecule has 1 saturated heterocycles. The zero-order valence-corrected chi connectivity index (χ0v) is 32.5. The fourth-order valence-corrected chi connectivity index (χ4v) is 7.46. The maximum atomic E-state index is 14.3. The molecule has 3 amide bonds. The van der Waals surface area contributed by atoms with Crippen molar-refractivity contribution < 1.29 is 23.9 Å². The van der Waals surface area contributed by atoms with Crippen molar-refractivity contribution in [3.05, 3.63) is 87.8 Å². The molecule has 13 nitrogen and oxygen atoms in total. The van der Waals surface area contributed by atoms with E-state index in [4.69, 9.17) is 14.5 Å². The number of benzene rings is 3. The number of alkyl carbamates (subject to hydrolysis) is 2. The summed E-state index contributed by atoms with van der Waals surface area (Å²) in [6.07, 6.45) is -1.61. The number of guanidine groups is 1. The molecule has 15 heteroatoms. The minimum Gasteiger partial charge on any atom is -0.444 e. The Hall–Kier alpha value is -5.46. The van der Waals surface area contributed by atoms with E-state index in [2.05, 4.69) is 27.0 Å². The number of anilines is 2. The number of thioether (sulfide) groups is 2. The Morgan fingerprint density at radius 3 is 2.17 bits per heavy atom. The van der Waals surface area contributed by atoms with Crippen LogP contribution in [0.25, 0.3) is 0 Å². The molecule has 0 unspecified atom stereocenters. The Morgan fingerprint density at radius 1 is 0.906 bits per heavy atom. The van der Waals surface area contributed by atoms with E-state index in [-0.39, 0.29) is 11.9 Å². The molecule has 5 rings (SSSR count). The first-order chi connectivity index (χ1) is 25.0. The van der Waals surface area contributed by atoms with Gasteiger partial charge in [-0.2, -0.15) is 5.26 Å². The minimum atomic E-state index is -0.805. The summed E-state index contributed by atoms with van der Waals surface area (Å²) in [4.78, 5) is 53.9. The van der Waals surface area contributed by atoms with Gasteiger partial charge in [0.2, 0.25) is 5.96 Å². The van der Waals surface area contributed by atoms with Crippen molar-refractivity contribution in [2.75, 3.05) is 23.8 Å². The first kappa shape index (κ1) is 38.8. The smallest absolute Gasteiger partial charge is 0.414 e. The lowest BCUT2D eigenvalue weighted by molar-refractivity contribution is -0.122. The number of carbonyl (C=O) groups is 3. The quantitative estimate of drug-likeness (QED) is 0.127. The van der Waals surface area contributed by atoms with E-state index in [0.29, 0.717) is 45.1 Å². The number of rotatable bonds is 6. The number of aliphatic imine (C=N–C) groups is 2. The largest absolute Gasteiger partial charge is 0.444 e. The molecule has 1 fully saturated rings. The van der Waals surface area contributed by atoms with Crippen LogP contribution in [-0.4, -0.2) is 58.9 Å². The van der Waals surface area contributed by atoms with Gasteiger partial charge in [0, 0.05) is 18.5 Å². The van der Waals surface area contributed by atoms with Gasteiger partial charge in [-0.15, -0.1) is 0 Å². The van der Waals surface area contributed by atoms with Crippen LogP contribution in [0.2, 0.25) is 0 Å². The van der Waals surface area contributed by atoms with E-state index in [9.17, 15) is 19.6 Å². The van der Waals surface area contributed by atoms with Crippen LogP contribution < -0.4 is 20.9 Å². The Morgan fingerprint density at radius 2 is 1.57 bits per heavy atom. The van der Waals surface area contributed by atoms with Gasteiger partial charge in [0.1, 0.15) is 16.1 Å². The minimum absolute atomic E-state index is 0.181. The van der Waals surface area contributed by atoms with Crippen LogP contribution in [-0.2, 0) is 20.8 Å². The van der Waals surface area contributed by atoms with Gasteiger partial charge in [-0.25, -0.2) is 19.6 Å². The molecule has 0 saturated carbocycles. The number of nitrogens with zero attached hydrogens (tertiary/aromatic N) is 5. The predicted molar refractivity (Wildman–Crippen MR) is 211 cm³/mol. The number of hydrogen-bond acceptors (Lipinski definition) is 12. The molecule has 53 heavy (non-hydrogen) atoms. The first-order valence-electron chi connectivity index (χ1n) is 16.8. The monoisotopic (exact) mass is 754 g/mol. The predicted octanol–water partition coefficient (Wildman–Crippen LogP) is 8.20. The number of amidine groups is 1. The average Bonchev–Trinajstić information content (AvgIpc) is 3.55. The summed E-state index contributed by atoms with van der Waals surface area (Å²) < 4.78 is 10.7. The molecule has 0 spiro atoms. The fraction of sp³-hybridized carbons (Fsp3) is 0.316. The van der Waals surface area contributed by atoms with Gasteiger partial charge in [0.25, 0.3) is 5.91 Å². The molecular weight excluding hydrogens is 713 g/mol. The highest BCUT2D eigenvalue weighted by Gasteiger charge is 2.39. The van der Waals surface area contributed by atoms with Crippen LogP contribution in [0.3, 0.4) is 0 Å². The highest BCUT2D eigenvalue weighted by Crippen LogP contribution is 2.51. The number of ether oxygens (including phenoxy) is 2. The average molecular weight is 755 g/mol. The second-order valence-corrected chi connectivity index (χ2v) is 15.9. The third-order valence-corrected chi connectivity index (χ3v) is 9.66. The number of amides is 3.